The van der Waals surface area contributed by atoms with Crippen LogP contribution in [0.15, 0.2) is 18.2 Å². The zero-order chi connectivity index (χ0) is 22.0. The first kappa shape index (κ1) is 19.9. The summed E-state index contributed by atoms with van der Waals surface area (Å²) in [6, 6.07) is 4.74. The van der Waals surface area contributed by atoms with Crippen molar-refractivity contribution in [2.45, 2.75) is 37.8 Å². The topological polar surface area (TPSA) is 108 Å². The monoisotopic (exact) mass is 438 g/mol. The Kier molecular flexibility index (Phi) is 4.42. The number of piperidine rings is 2. The molecule has 168 valence electrons. The number of carbonyl (C=O) groups is 4. The molecule has 6 rings (SSSR count). The Hall–Kier alpha value is -2.78. The summed E-state index contributed by atoms with van der Waals surface area (Å²) in [7, 11) is 0. The van der Waals surface area contributed by atoms with Gasteiger partial charge in [0.2, 0.25) is 11.8 Å². The molecule has 32 heavy (non-hydrogen) atoms. The minimum atomic E-state index is -0.944. The number of hydrogen-bond acceptors (Lipinski definition) is 7. The van der Waals surface area contributed by atoms with Crippen molar-refractivity contribution in [1.82, 2.24) is 15.5 Å². The third-order valence-corrected chi connectivity index (χ3v) is 8.08. The van der Waals surface area contributed by atoms with E-state index in [1.807, 2.05) is 6.07 Å². The second kappa shape index (κ2) is 7.11. The third kappa shape index (κ3) is 2.77. The van der Waals surface area contributed by atoms with Gasteiger partial charge in [-0.25, -0.2) is 0 Å². The highest BCUT2D eigenvalue weighted by molar-refractivity contribution is 6.23. The van der Waals surface area contributed by atoms with E-state index in [0.717, 1.165) is 49.7 Å². The smallest absolute Gasteiger partial charge is 0.262 e. The first-order valence-electron chi connectivity index (χ1n) is 11.4. The zero-order valence-electron chi connectivity index (χ0n) is 17.8. The summed E-state index contributed by atoms with van der Waals surface area (Å²) in [6.45, 7) is 4.38. The summed E-state index contributed by atoms with van der Waals surface area (Å²) in [6.07, 6.45) is 2.50. The molecule has 1 aromatic carbocycles. The number of amides is 4. The van der Waals surface area contributed by atoms with Crippen LogP contribution in [-0.2, 0) is 14.3 Å². The fourth-order valence-electron chi connectivity index (χ4n) is 6.38. The zero-order valence-corrected chi connectivity index (χ0v) is 17.8. The Morgan fingerprint density at radius 2 is 1.78 bits per heavy atom. The van der Waals surface area contributed by atoms with Crippen LogP contribution in [0.4, 0.5) is 5.69 Å². The Morgan fingerprint density at radius 1 is 1.00 bits per heavy atom. The van der Waals surface area contributed by atoms with Gasteiger partial charge in [0, 0.05) is 24.6 Å². The summed E-state index contributed by atoms with van der Waals surface area (Å²) in [5, 5.41) is 5.69. The van der Waals surface area contributed by atoms with Gasteiger partial charge in [0.05, 0.1) is 30.4 Å². The molecule has 0 aliphatic carbocycles. The van der Waals surface area contributed by atoms with Crippen molar-refractivity contribution >= 4 is 29.3 Å². The number of nitrogens with one attached hydrogen (secondary N) is 2. The number of nitrogens with zero attached hydrogens (tertiary/aromatic N) is 2. The molecule has 0 radical (unpaired) electrons. The number of anilines is 1. The number of ether oxygens (including phenoxy) is 1. The lowest BCUT2D eigenvalue weighted by Crippen LogP contribution is -2.54. The molecule has 0 aromatic heterocycles. The van der Waals surface area contributed by atoms with Gasteiger partial charge in [-0.05, 0) is 56.0 Å². The molecule has 3 atom stereocenters. The molecule has 5 aliphatic heterocycles. The van der Waals surface area contributed by atoms with E-state index in [4.69, 9.17) is 4.74 Å². The fraction of sp³-hybridized carbons (Fsp3) is 0.565. The number of hydrogen-bond donors (Lipinski definition) is 2. The van der Waals surface area contributed by atoms with Crippen LogP contribution in [0.3, 0.4) is 0 Å². The molecule has 9 nitrogen and oxygen atoms in total. The van der Waals surface area contributed by atoms with Gasteiger partial charge in [0.25, 0.3) is 11.8 Å². The predicted molar refractivity (Wildman–Crippen MR) is 113 cm³/mol. The van der Waals surface area contributed by atoms with Crippen molar-refractivity contribution in [3.63, 3.8) is 0 Å². The number of benzene rings is 1. The van der Waals surface area contributed by atoms with Crippen LogP contribution >= 0.6 is 0 Å². The number of imide groups is 2. The molecule has 4 fully saturated rings. The summed E-state index contributed by atoms with van der Waals surface area (Å²) in [5.41, 5.74) is 1.78. The normalized spacial score (nSPS) is 31.3. The van der Waals surface area contributed by atoms with Crippen molar-refractivity contribution in [3.8, 4) is 0 Å². The first-order chi connectivity index (χ1) is 15.5. The van der Waals surface area contributed by atoms with Gasteiger partial charge < -0.3 is 15.0 Å². The Bertz CT molecular complexity index is 1030. The molecule has 0 bridgehead atoms. The minimum Gasteiger partial charge on any atom is -0.379 e. The molecule has 9 heteroatoms. The van der Waals surface area contributed by atoms with E-state index in [0.29, 0.717) is 23.7 Å². The molecule has 1 spiro atoms. The second-order valence-electron chi connectivity index (χ2n) is 9.63. The van der Waals surface area contributed by atoms with Crippen LogP contribution in [0.2, 0.25) is 0 Å². The second-order valence-corrected chi connectivity index (χ2v) is 9.63. The molecule has 0 saturated carbocycles. The minimum absolute atomic E-state index is 0.114. The van der Waals surface area contributed by atoms with E-state index in [1.54, 1.807) is 12.1 Å². The summed E-state index contributed by atoms with van der Waals surface area (Å²) in [5.74, 6) is -1.43. The average Bonchev–Trinajstić information content (AvgIpc) is 3.45. The number of carbonyl (C=O) groups excluding carboxylic acids is 4. The van der Waals surface area contributed by atoms with Crippen molar-refractivity contribution in [1.29, 1.82) is 0 Å². The standard InChI is InChI=1S/C23H26N4O5/c28-19-4-3-17(20(29)25-19)27-21(30)14-2-1-13(9-15(14)22(27)31)26-12-23(5-7-24-8-6-23)16-10-32-11-18(16)26/h1-2,9,16-18,24H,3-8,10-12H2,(H,25,28,29)/t16-,17?,18+/m1/s1. The van der Waals surface area contributed by atoms with Crippen molar-refractivity contribution in [2.24, 2.45) is 11.3 Å². The number of fused-ring (bicyclic) bond motifs is 3. The van der Waals surface area contributed by atoms with E-state index < -0.39 is 23.8 Å². The lowest BCUT2D eigenvalue weighted by atomic mass is 9.70. The van der Waals surface area contributed by atoms with E-state index in [1.165, 1.54) is 0 Å². The van der Waals surface area contributed by atoms with Crippen LogP contribution in [0.25, 0.3) is 0 Å². The van der Waals surface area contributed by atoms with Crippen LogP contribution in [0.1, 0.15) is 46.4 Å². The van der Waals surface area contributed by atoms with Gasteiger partial charge in [-0.3, -0.25) is 29.4 Å². The largest absolute Gasteiger partial charge is 0.379 e. The van der Waals surface area contributed by atoms with Gasteiger partial charge in [-0.1, -0.05) is 0 Å². The Labute approximate surface area is 185 Å². The highest BCUT2D eigenvalue weighted by Gasteiger charge is 2.55. The highest BCUT2D eigenvalue weighted by atomic mass is 16.5. The molecule has 1 unspecified atom stereocenters. The van der Waals surface area contributed by atoms with Gasteiger partial charge in [-0.15, -0.1) is 0 Å². The lowest BCUT2D eigenvalue weighted by Gasteiger charge is -2.37. The van der Waals surface area contributed by atoms with Crippen molar-refractivity contribution < 1.29 is 23.9 Å². The van der Waals surface area contributed by atoms with E-state index >= 15 is 0 Å². The quantitative estimate of drug-likeness (QED) is 0.639. The molecule has 5 aliphatic rings. The lowest BCUT2D eigenvalue weighted by molar-refractivity contribution is -0.136. The Morgan fingerprint density at radius 3 is 2.56 bits per heavy atom. The van der Waals surface area contributed by atoms with E-state index in [9.17, 15) is 19.2 Å². The summed E-state index contributed by atoms with van der Waals surface area (Å²) < 4.78 is 5.88. The molecule has 5 heterocycles. The summed E-state index contributed by atoms with van der Waals surface area (Å²) >= 11 is 0. The first-order valence-corrected chi connectivity index (χ1v) is 11.4. The van der Waals surface area contributed by atoms with Crippen LogP contribution in [0, 0.1) is 11.3 Å². The van der Waals surface area contributed by atoms with Crippen molar-refractivity contribution in [2.75, 3.05) is 37.7 Å². The SMILES string of the molecule is O=C1CCC(N2C(=O)c3ccc(N4CC5(CCNCC5)[C@@H]5COC[C@@H]54)cc3C2=O)C(=O)N1. The maximum atomic E-state index is 13.2. The summed E-state index contributed by atoms with van der Waals surface area (Å²) in [4.78, 5) is 53.4. The number of rotatable bonds is 2. The van der Waals surface area contributed by atoms with Gasteiger partial charge >= 0.3 is 0 Å². The van der Waals surface area contributed by atoms with Gasteiger partial charge in [-0.2, -0.15) is 0 Å². The molecule has 4 amide bonds. The van der Waals surface area contributed by atoms with E-state index in [2.05, 4.69) is 15.5 Å². The third-order valence-electron chi connectivity index (χ3n) is 8.08. The molecule has 1 aromatic rings. The van der Waals surface area contributed by atoms with Crippen LogP contribution in [0.5, 0.6) is 0 Å². The fourth-order valence-corrected chi connectivity index (χ4v) is 6.38. The van der Waals surface area contributed by atoms with E-state index in [-0.39, 0.29) is 30.2 Å². The van der Waals surface area contributed by atoms with Crippen molar-refractivity contribution in [3.05, 3.63) is 29.3 Å². The molecule has 2 N–H and O–H groups in total. The van der Waals surface area contributed by atoms with Gasteiger partial charge in [0.1, 0.15) is 6.04 Å². The average molecular weight is 438 g/mol. The maximum Gasteiger partial charge on any atom is 0.262 e. The van der Waals surface area contributed by atoms with Crippen LogP contribution in [-0.4, -0.2) is 73.5 Å². The molecular formula is C23H26N4O5. The predicted octanol–water partition coefficient (Wildman–Crippen LogP) is 0.293. The molecular weight excluding hydrogens is 412 g/mol. The Balaban J connectivity index is 1.31. The maximum absolute atomic E-state index is 13.2. The highest BCUT2D eigenvalue weighted by Crippen LogP contribution is 2.50. The van der Waals surface area contributed by atoms with Gasteiger partial charge in [0.15, 0.2) is 0 Å². The van der Waals surface area contributed by atoms with Crippen LogP contribution < -0.4 is 15.5 Å². The molecule has 4 saturated heterocycles.